The highest BCUT2D eigenvalue weighted by molar-refractivity contribution is 6.14. The second kappa shape index (κ2) is 11.3. The van der Waals surface area contributed by atoms with Crippen molar-refractivity contribution in [3.05, 3.63) is 194 Å². The fraction of sp³-hybridized carbons (Fsp3) is 0. The number of hydrogen-bond acceptors (Lipinski definition) is 0. The number of hydrogen-bond donors (Lipinski definition) is 0. The average Bonchev–Trinajstić information content (AvgIpc) is 3.72. The maximum Gasteiger partial charge on any atom is 0.0541 e. The Bertz CT molecular complexity index is 3170. The van der Waals surface area contributed by atoms with Crippen LogP contribution in [-0.4, -0.2) is 9.13 Å². The maximum absolute atomic E-state index is 2.45. The summed E-state index contributed by atoms with van der Waals surface area (Å²) in [4.78, 5) is 0. The van der Waals surface area contributed by atoms with Crippen LogP contribution in [0.2, 0.25) is 0 Å². The number of para-hydroxylation sites is 2. The lowest BCUT2D eigenvalue weighted by Crippen LogP contribution is -1.96. The molecule has 0 N–H and O–H groups in total. The third-order valence-corrected chi connectivity index (χ3v) is 10.9. The van der Waals surface area contributed by atoms with Gasteiger partial charge in [0.25, 0.3) is 0 Å². The monoisotopic (exact) mass is 660 g/mol. The van der Waals surface area contributed by atoms with Crippen molar-refractivity contribution < 1.29 is 0 Å². The van der Waals surface area contributed by atoms with Gasteiger partial charge in [-0.25, -0.2) is 0 Å². The maximum atomic E-state index is 2.45. The Kier molecular flexibility index (Phi) is 6.28. The molecule has 0 aliphatic carbocycles. The van der Waals surface area contributed by atoms with Gasteiger partial charge in [0.15, 0.2) is 0 Å². The molecule has 0 saturated heterocycles. The smallest absolute Gasteiger partial charge is 0.0541 e. The molecule has 242 valence electrons. The zero-order valence-electron chi connectivity index (χ0n) is 28.4. The van der Waals surface area contributed by atoms with Crippen LogP contribution >= 0.6 is 0 Å². The van der Waals surface area contributed by atoms with Crippen molar-refractivity contribution in [2.24, 2.45) is 0 Å². The second-order valence-corrected chi connectivity index (χ2v) is 13.7. The van der Waals surface area contributed by atoms with E-state index in [9.17, 15) is 0 Å². The van der Waals surface area contributed by atoms with Crippen molar-refractivity contribution in [1.29, 1.82) is 0 Å². The van der Waals surface area contributed by atoms with Gasteiger partial charge in [0, 0.05) is 32.3 Å². The number of aromatic nitrogens is 2. The van der Waals surface area contributed by atoms with Gasteiger partial charge in [-0.3, -0.25) is 0 Å². The number of nitrogens with zero attached hydrogens (tertiary/aromatic N) is 2. The fourth-order valence-corrected chi connectivity index (χ4v) is 8.57. The summed E-state index contributed by atoms with van der Waals surface area (Å²) < 4.78 is 4.88. The Morgan fingerprint density at radius 2 is 0.731 bits per heavy atom. The van der Waals surface area contributed by atoms with E-state index < -0.39 is 0 Å². The summed E-state index contributed by atoms with van der Waals surface area (Å²) in [6.45, 7) is 0. The average molecular weight is 661 g/mol. The topological polar surface area (TPSA) is 9.86 Å². The Morgan fingerprint density at radius 3 is 1.38 bits per heavy atom. The molecule has 0 spiro atoms. The molecule has 11 rings (SSSR count). The van der Waals surface area contributed by atoms with E-state index in [1.54, 1.807) is 0 Å². The van der Waals surface area contributed by atoms with E-state index in [2.05, 4.69) is 203 Å². The highest BCUT2D eigenvalue weighted by Crippen LogP contribution is 2.41. The Hall–Kier alpha value is -6.90. The lowest BCUT2D eigenvalue weighted by Gasteiger charge is -2.15. The van der Waals surface area contributed by atoms with Crippen molar-refractivity contribution in [3.63, 3.8) is 0 Å². The van der Waals surface area contributed by atoms with Gasteiger partial charge in [-0.2, -0.15) is 0 Å². The SMILES string of the molecule is c1ccc(-c2ccc(-n3c4ccccc4c4cc(-c5ccc6c(c5)c5ccccc5n6-c5cccc6ccccc56)ccc43)c3ccccc23)cc1. The van der Waals surface area contributed by atoms with Crippen LogP contribution < -0.4 is 0 Å². The van der Waals surface area contributed by atoms with E-state index >= 15 is 0 Å². The zero-order chi connectivity index (χ0) is 34.2. The van der Waals surface area contributed by atoms with E-state index in [0.717, 1.165) is 0 Å². The highest BCUT2D eigenvalue weighted by Gasteiger charge is 2.18. The van der Waals surface area contributed by atoms with Crippen LogP contribution in [-0.2, 0) is 0 Å². The van der Waals surface area contributed by atoms with Crippen LogP contribution in [0.3, 0.4) is 0 Å². The lowest BCUT2D eigenvalue weighted by molar-refractivity contribution is 1.20. The second-order valence-electron chi connectivity index (χ2n) is 13.7. The highest BCUT2D eigenvalue weighted by atomic mass is 15.0. The largest absolute Gasteiger partial charge is 0.309 e. The van der Waals surface area contributed by atoms with Crippen LogP contribution in [0.1, 0.15) is 0 Å². The van der Waals surface area contributed by atoms with Gasteiger partial charge in [0.1, 0.15) is 0 Å². The fourth-order valence-electron chi connectivity index (χ4n) is 8.57. The quantitative estimate of drug-likeness (QED) is 0.178. The molecule has 52 heavy (non-hydrogen) atoms. The van der Waals surface area contributed by atoms with Crippen molar-refractivity contribution in [2.75, 3.05) is 0 Å². The molecule has 0 unspecified atom stereocenters. The molecule has 0 aliphatic rings. The summed E-state index contributed by atoms with van der Waals surface area (Å²) in [5.74, 6) is 0. The van der Waals surface area contributed by atoms with Gasteiger partial charge in [-0.15, -0.1) is 0 Å². The number of rotatable bonds is 4. The van der Waals surface area contributed by atoms with Crippen molar-refractivity contribution >= 4 is 65.2 Å². The first-order valence-electron chi connectivity index (χ1n) is 17.9. The first-order valence-corrected chi connectivity index (χ1v) is 17.9. The van der Waals surface area contributed by atoms with Crippen LogP contribution in [0.15, 0.2) is 194 Å². The van der Waals surface area contributed by atoms with Gasteiger partial charge in [-0.1, -0.05) is 146 Å². The van der Waals surface area contributed by atoms with Gasteiger partial charge in [-0.05, 0) is 81.6 Å². The molecule has 0 atom stereocenters. The molecule has 0 saturated carbocycles. The molecule has 0 bridgehead atoms. The van der Waals surface area contributed by atoms with Crippen LogP contribution in [0.5, 0.6) is 0 Å². The minimum Gasteiger partial charge on any atom is -0.309 e. The minimum absolute atomic E-state index is 1.19. The molecule has 2 nitrogen and oxygen atoms in total. The molecule has 0 amide bonds. The molecule has 2 aromatic heterocycles. The van der Waals surface area contributed by atoms with Crippen LogP contribution in [0, 0.1) is 0 Å². The third kappa shape index (κ3) is 4.25. The van der Waals surface area contributed by atoms with E-state index in [1.165, 1.54) is 98.8 Å². The van der Waals surface area contributed by atoms with Crippen molar-refractivity contribution in [3.8, 4) is 33.6 Å². The molecule has 0 radical (unpaired) electrons. The first kappa shape index (κ1) is 28.9. The lowest BCUT2D eigenvalue weighted by atomic mass is 9.97. The summed E-state index contributed by atoms with van der Waals surface area (Å²) in [5, 5.41) is 10.0. The van der Waals surface area contributed by atoms with E-state index in [1.807, 2.05) is 0 Å². The van der Waals surface area contributed by atoms with Crippen LogP contribution in [0.4, 0.5) is 0 Å². The number of fused-ring (bicyclic) bond motifs is 8. The third-order valence-electron chi connectivity index (χ3n) is 10.9. The summed E-state index contributed by atoms with van der Waals surface area (Å²) >= 11 is 0. The van der Waals surface area contributed by atoms with E-state index in [-0.39, 0.29) is 0 Å². The number of benzene rings is 9. The molecule has 0 fully saturated rings. The summed E-state index contributed by atoms with van der Waals surface area (Å²) in [7, 11) is 0. The Morgan fingerprint density at radius 1 is 0.250 bits per heavy atom. The molecule has 2 heterocycles. The molecule has 9 aromatic carbocycles. The Balaban J connectivity index is 1.11. The molecular formula is C50H32N2. The molecular weight excluding hydrogens is 629 g/mol. The van der Waals surface area contributed by atoms with E-state index in [4.69, 9.17) is 0 Å². The minimum atomic E-state index is 1.19. The van der Waals surface area contributed by atoms with Gasteiger partial charge in [0.05, 0.1) is 33.4 Å². The van der Waals surface area contributed by atoms with Crippen LogP contribution in [0.25, 0.3) is 98.8 Å². The predicted molar refractivity (Wildman–Crippen MR) is 221 cm³/mol. The normalized spacial score (nSPS) is 11.8. The van der Waals surface area contributed by atoms with E-state index in [0.29, 0.717) is 0 Å². The van der Waals surface area contributed by atoms with Gasteiger partial charge in [0.2, 0.25) is 0 Å². The predicted octanol–water partition coefficient (Wildman–Crippen LogP) is 13.5. The summed E-state index contributed by atoms with van der Waals surface area (Å²) in [5.41, 5.74) is 12.1. The van der Waals surface area contributed by atoms with Crippen molar-refractivity contribution in [2.45, 2.75) is 0 Å². The standard InChI is InChI=1S/C50H32N2/c1-2-13-33(14-3-1)37-27-30-48(40-19-7-6-18-39(37)40)52-47-23-11-9-21-42(47)44-32-36(26-29-50(44)52)35-25-28-49-43(31-35)41-20-8-10-22-46(41)51(49)45-24-12-16-34-15-4-5-17-38(34)45/h1-32H. The molecule has 11 aromatic rings. The molecule has 0 aliphatic heterocycles. The molecule has 2 heteroatoms. The van der Waals surface area contributed by atoms with Gasteiger partial charge < -0.3 is 9.13 Å². The summed E-state index contributed by atoms with van der Waals surface area (Å²) in [6, 6.07) is 71.0. The zero-order valence-corrected chi connectivity index (χ0v) is 28.4. The summed E-state index contributed by atoms with van der Waals surface area (Å²) in [6.07, 6.45) is 0. The Labute approximate surface area is 301 Å². The van der Waals surface area contributed by atoms with Crippen molar-refractivity contribution in [1.82, 2.24) is 9.13 Å². The van der Waals surface area contributed by atoms with Gasteiger partial charge >= 0.3 is 0 Å². The first-order chi connectivity index (χ1) is 25.8.